The van der Waals surface area contributed by atoms with Crippen LogP contribution in [0.4, 0.5) is 0 Å². The third-order valence-electron chi connectivity index (χ3n) is 1.53. The van der Waals surface area contributed by atoms with E-state index in [1.807, 2.05) is 0 Å². The summed E-state index contributed by atoms with van der Waals surface area (Å²) in [6.45, 7) is 0. The topological polar surface area (TPSA) is 161 Å². The van der Waals surface area contributed by atoms with Crippen LogP contribution >= 0.6 is 0 Å². The molecule has 0 aromatic rings. The minimum absolute atomic E-state index is 0.224. The Bertz CT molecular complexity index is 201. The SMILES string of the molecule is NC[Si]1(CN)O[Si](O)(O)O[Si](O)(O)O1. The first kappa shape index (κ1) is 12.4. The van der Waals surface area contributed by atoms with Crippen LogP contribution in [0.25, 0.3) is 0 Å². The van der Waals surface area contributed by atoms with E-state index >= 15 is 0 Å². The van der Waals surface area contributed by atoms with E-state index in [0.29, 0.717) is 0 Å². The van der Waals surface area contributed by atoms with Crippen LogP contribution in [0.2, 0.25) is 0 Å². The largest absolute Gasteiger partial charge is 0.659 e. The summed E-state index contributed by atoms with van der Waals surface area (Å²) < 4.78 is 13.5. The molecule has 1 aliphatic rings. The lowest BCUT2D eigenvalue weighted by molar-refractivity contribution is 0.00443. The van der Waals surface area contributed by atoms with Crippen molar-refractivity contribution in [3.8, 4) is 0 Å². The molecule has 1 saturated heterocycles. The van der Waals surface area contributed by atoms with Gasteiger partial charge in [0.1, 0.15) is 0 Å². The van der Waals surface area contributed by atoms with Gasteiger partial charge in [0.15, 0.2) is 0 Å². The Morgan fingerprint density at radius 3 is 1.43 bits per heavy atom. The lowest BCUT2D eigenvalue weighted by Crippen LogP contribution is -2.75. The second kappa shape index (κ2) is 3.70. The summed E-state index contributed by atoms with van der Waals surface area (Å²) in [5.41, 5.74) is 10.5. The third-order valence-corrected chi connectivity index (χ3v) is 10.0. The predicted molar refractivity (Wildman–Crippen MR) is 47.5 cm³/mol. The van der Waals surface area contributed by atoms with Gasteiger partial charge in [-0.25, -0.2) is 0 Å². The van der Waals surface area contributed by atoms with Crippen molar-refractivity contribution < 1.29 is 31.5 Å². The van der Waals surface area contributed by atoms with Crippen molar-refractivity contribution in [3.05, 3.63) is 0 Å². The summed E-state index contributed by atoms with van der Waals surface area (Å²) in [5.74, 6) is 0. The van der Waals surface area contributed by atoms with Crippen LogP contribution in [0, 0.1) is 0 Å². The fourth-order valence-corrected chi connectivity index (χ4v) is 9.36. The summed E-state index contributed by atoms with van der Waals surface area (Å²) >= 11 is 0. The number of rotatable bonds is 2. The first-order chi connectivity index (χ1) is 6.24. The quantitative estimate of drug-likeness (QED) is 0.268. The Labute approximate surface area is 82.7 Å². The first-order valence-electron chi connectivity index (χ1n) is 3.64. The molecule has 14 heavy (non-hydrogen) atoms. The van der Waals surface area contributed by atoms with E-state index in [-0.39, 0.29) is 12.3 Å². The van der Waals surface area contributed by atoms with Gasteiger partial charge in [-0.3, -0.25) is 0 Å². The normalized spacial score (nSPS) is 28.7. The highest BCUT2D eigenvalue weighted by Crippen LogP contribution is 2.23. The molecule has 12 heteroatoms. The Kier molecular flexibility index (Phi) is 3.27. The van der Waals surface area contributed by atoms with Crippen LogP contribution in [-0.4, -0.2) is 58.2 Å². The maximum atomic E-state index is 9.12. The van der Waals surface area contributed by atoms with Crippen LogP contribution in [0.15, 0.2) is 0 Å². The minimum atomic E-state index is -4.56. The first-order valence-corrected chi connectivity index (χ1v) is 9.30. The molecule has 1 heterocycles. The summed E-state index contributed by atoms with van der Waals surface area (Å²) in [7, 11) is -12.5. The standard InChI is InChI=1S/C2H12N2O7Si3/c3-1-12(2-4)9-13(5,6)11-14(7,8)10-12/h5-8H,1-4H2. The fourth-order valence-electron chi connectivity index (χ4n) is 0.970. The zero-order valence-corrected chi connectivity index (χ0v) is 10.1. The third kappa shape index (κ3) is 2.66. The van der Waals surface area contributed by atoms with Crippen LogP contribution in [0.1, 0.15) is 0 Å². The summed E-state index contributed by atoms with van der Waals surface area (Å²) in [4.78, 5) is 36.5. The van der Waals surface area contributed by atoms with Gasteiger partial charge in [0.05, 0.1) is 0 Å². The molecule has 9 nitrogen and oxygen atoms in total. The molecule has 0 radical (unpaired) electrons. The molecule has 0 spiro atoms. The fraction of sp³-hybridized carbons (Fsp3) is 1.00. The molecule has 0 unspecified atom stereocenters. The Morgan fingerprint density at radius 2 is 1.14 bits per heavy atom. The monoisotopic (exact) mass is 260 g/mol. The molecule has 0 amide bonds. The average molecular weight is 260 g/mol. The molecule has 0 bridgehead atoms. The average Bonchev–Trinajstić information content (AvgIpc) is 1.98. The molecule has 8 N–H and O–H groups in total. The number of nitrogens with two attached hydrogens (primary N) is 2. The molecule has 0 saturated carbocycles. The maximum Gasteiger partial charge on any atom is 0.659 e. The molecule has 1 fully saturated rings. The second-order valence-electron chi connectivity index (χ2n) is 2.72. The van der Waals surface area contributed by atoms with E-state index in [1.54, 1.807) is 0 Å². The Morgan fingerprint density at radius 1 is 0.786 bits per heavy atom. The second-order valence-corrected chi connectivity index (χ2v) is 10.0. The van der Waals surface area contributed by atoms with E-state index in [4.69, 9.17) is 38.9 Å². The van der Waals surface area contributed by atoms with Crippen LogP contribution in [0.3, 0.4) is 0 Å². The van der Waals surface area contributed by atoms with Gasteiger partial charge < -0.3 is 43.0 Å². The van der Waals surface area contributed by atoms with Gasteiger partial charge in [-0.15, -0.1) is 0 Å². The van der Waals surface area contributed by atoms with Crippen molar-refractivity contribution in [2.24, 2.45) is 11.5 Å². The van der Waals surface area contributed by atoms with Crippen LogP contribution in [0.5, 0.6) is 0 Å². The minimum Gasteiger partial charge on any atom is -0.369 e. The summed E-state index contributed by atoms with van der Waals surface area (Å²) in [5, 5.41) is 0. The molecule has 0 atom stereocenters. The molecule has 0 aliphatic carbocycles. The van der Waals surface area contributed by atoms with Crippen molar-refractivity contribution in [1.82, 2.24) is 0 Å². The van der Waals surface area contributed by atoms with Gasteiger partial charge in [-0.1, -0.05) is 0 Å². The smallest absolute Gasteiger partial charge is 0.369 e. The predicted octanol–water partition coefficient (Wildman–Crippen LogP) is -4.67. The van der Waals surface area contributed by atoms with Crippen molar-refractivity contribution in [1.29, 1.82) is 0 Å². The zero-order chi connectivity index (χ0) is 11.0. The van der Waals surface area contributed by atoms with Gasteiger partial charge in [0, 0.05) is 12.3 Å². The Hall–Kier alpha value is 0.291. The van der Waals surface area contributed by atoms with E-state index in [2.05, 4.69) is 4.12 Å². The van der Waals surface area contributed by atoms with Crippen molar-refractivity contribution >= 4 is 26.7 Å². The molecule has 0 aromatic heterocycles. The highest BCUT2D eigenvalue weighted by atomic mass is 28.6. The highest BCUT2D eigenvalue weighted by molar-refractivity contribution is 6.86. The van der Waals surface area contributed by atoms with E-state index in [0.717, 1.165) is 0 Å². The molecule has 1 aliphatic heterocycles. The maximum absolute atomic E-state index is 9.12. The van der Waals surface area contributed by atoms with Gasteiger partial charge >= 0.3 is 26.7 Å². The summed E-state index contributed by atoms with van der Waals surface area (Å²) in [6, 6.07) is 0. The van der Waals surface area contributed by atoms with E-state index < -0.39 is 26.7 Å². The van der Waals surface area contributed by atoms with E-state index in [1.165, 1.54) is 0 Å². The molecule has 0 aromatic carbocycles. The van der Waals surface area contributed by atoms with Crippen LogP contribution in [-0.2, 0) is 12.3 Å². The van der Waals surface area contributed by atoms with Gasteiger partial charge in [0.25, 0.3) is 0 Å². The van der Waals surface area contributed by atoms with Gasteiger partial charge in [-0.2, -0.15) is 0 Å². The highest BCUT2D eigenvalue weighted by Gasteiger charge is 2.64. The van der Waals surface area contributed by atoms with Crippen molar-refractivity contribution in [2.75, 3.05) is 12.3 Å². The van der Waals surface area contributed by atoms with Crippen molar-refractivity contribution in [2.45, 2.75) is 0 Å². The number of hydrogen-bond donors (Lipinski definition) is 6. The Balaban J connectivity index is 2.90. The zero-order valence-electron chi connectivity index (χ0n) is 7.08. The molecule has 1 rings (SSSR count). The molecular formula is C2H12N2O7Si3. The molecular weight excluding hydrogens is 248 g/mol. The lowest BCUT2D eigenvalue weighted by Gasteiger charge is -2.41. The van der Waals surface area contributed by atoms with Crippen molar-refractivity contribution in [3.63, 3.8) is 0 Å². The van der Waals surface area contributed by atoms with E-state index in [9.17, 15) is 0 Å². The summed E-state index contributed by atoms with van der Waals surface area (Å²) in [6.07, 6.45) is -0.447. The lowest BCUT2D eigenvalue weighted by atomic mass is 11.5. The van der Waals surface area contributed by atoms with Gasteiger partial charge in [-0.05, 0) is 0 Å². The molecule has 84 valence electrons. The number of hydrogen-bond acceptors (Lipinski definition) is 9. The van der Waals surface area contributed by atoms with Crippen LogP contribution < -0.4 is 11.5 Å². The van der Waals surface area contributed by atoms with Gasteiger partial charge in [0.2, 0.25) is 0 Å².